The van der Waals surface area contributed by atoms with Crippen molar-refractivity contribution in [1.82, 2.24) is 0 Å². The molecule has 3 N–H and O–H groups in total. The average Bonchev–Trinajstić information content (AvgIpc) is 0.929. The summed E-state index contributed by atoms with van der Waals surface area (Å²) in [7, 11) is -9.93. The second-order valence-electron chi connectivity index (χ2n) is 32.8. The van der Waals surface area contributed by atoms with Crippen molar-refractivity contribution in [3.63, 3.8) is 0 Å². The van der Waals surface area contributed by atoms with Crippen molar-refractivity contribution in [3.05, 3.63) is 0 Å². The minimum Gasteiger partial charge on any atom is -0.462 e. The maximum Gasteiger partial charge on any atom is 0.472 e. The van der Waals surface area contributed by atoms with Gasteiger partial charge in [0.2, 0.25) is 0 Å². The van der Waals surface area contributed by atoms with Crippen molar-refractivity contribution < 1.29 is 80.2 Å². The molecule has 19 heteroatoms. The Morgan fingerprint density at radius 2 is 0.400 bits per heavy atom. The van der Waals surface area contributed by atoms with E-state index in [9.17, 15) is 43.2 Å². The van der Waals surface area contributed by atoms with Crippen LogP contribution in [0.25, 0.3) is 0 Å². The Kier molecular flexibility index (Phi) is 73.4. The first-order chi connectivity index (χ1) is 50.6. The molecule has 0 aromatic heterocycles. The van der Waals surface area contributed by atoms with Gasteiger partial charge in [0.25, 0.3) is 0 Å². The summed E-state index contributed by atoms with van der Waals surface area (Å²) in [5.41, 5.74) is 0. The molecule has 0 saturated heterocycles. The van der Waals surface area contributed by atoms with Gasteiger partial charge in [0, 0.05) is 25.7 Å². The summed E-state index contributed by atoms with van der Waals surface area (Å²) in [6.45, 7) is 14.3. The van der Waals surface area contributed by atoms with E-state index in [0.717, 1.165) is 114 Å². The predicted molar refractivity (Wildman–Crippen MR) is 432 cm³/mol. The first-order valence-corrected chi connectivity index (χ1v) is 47.2. The zero-order chi connectivity index (χ0) is 77.4. The van der Waals surface area contributed by atoms with Crippen LogP contribution in [0.1, 0.15) is 447 Å². The second kappa shape index (κ2) is 74.8. The summed E-state index contributed by atoms with van der Waals surface area (Å²) in [6.07, 6.45) is 63.8. The summed E-state index contributed by atoms with van der Waals surface area (Å²) in [5, 5.41) is 10.7. The molecule has 0 fully saturated rings. The van der Waals surface area contributed by atoms with Crippen LogP contribution >= 0.6 is 15.6 Å². The van der Waals surface area contributed by atoms with Gasteiger partial charge < -0.3 is 33.8 Å². The lowest BCUT2D eigenvalue weighted by Gasteiger charge is -2.21. The number of hydrogen-bond donors (Lipinski definition) is 3. The van der Waals surface area contributed by atoms with E-state index < -0.39 is 97.5 Å². The lowest BCUT2D eigenvalue weighted by molar-refractivity contribution is -0.161. The van der Waals surface area contributed by atoms with E-state index in [2.05, 4.69) is 55.4 Å². The van der Waals surface area contributed by atoms with Crippen molar-refractivity contribution in [1.29, 1.82) is 0 Å². The molecule has 0 bridgehead atoms. The Morgan fingerprint density at radius 1 is 0.238 bits per heavy atom. The number of unbranched alkanes of at least 4 members (excludes halogenated alkanes) is 49. The summed E-state index contributed by atoms with van der Waals surface area (Å²) in [6, 6.07) is 0. The van der Waals surface area contributed by atoms with Crippen LogP contribution in [0.3, 0.4) is 0 Å². The Hall–Kier alpha value is -1.94. The Morgan fingerprint density at radius 3 is 0.590 bits per heavy atom. The summed E-state index contributed by atoms with van der Waals surface area (Å²) >= 11 is 0. The molecule has 105 heavy (non-hydrogen) atoms. The first kappa shape index (κ1) is 103. The van der Waals surface area contributed by atoms with E-state index in [1.807, 2.05) is 0 Å². The molecule has 0 amide bonds. The molecule has 0 saturated carbocycles. The Balaban J connectivity index is 5.25. The zero-order valence-corrected chi connectivity index (χ0v) is 71.2. The highest BCUT2D eigenvalue weighted by Crippen LogP contribution is 2.45. The molecule has 0 aliphatic rings. The minimum absolute atomic E-state index is 0.107. The highest BCUT2D eigenvalue weighted by Gasteiger charge is 2.30. The molecule has 0 aromatic carbocycles. The lowest BCUT2D eigenvalue weighted by Crippen LogP contribution is -2.30. The number of phosphoric ester groups is 2. The summed E-state index contributed by atoms with van der Waals surface area (Å²) in [5.74, 6) is 1.03. The van der Waals surface area contributed by atoms with Crippen LogP contribution in [0.5, 0.6) is 0 Å². The molecule has 0 heterocycles. The van der Waals surface area contributed by atoms with Crippen molar-refractivity contribution in [2.75, 3.05) is 39.6 Å². The topological polar surface area (TPSA) is 237 Å². The lowest BCUT2D eigenvalue weighted by atomic mass is 10.0. The summed E-state index contributed by atoms with van der Waals surface area (Å²) in [4.78, 5) is 73.2. The van der Waals surface area contributed by atoms with Crippen molar-refractivity contribution in [2.24, 2.45) is 23.7 Å². The Bertz CT molecular complexity index is 2040. The van der Waals surface area contributed by atoms with Gasteiger partial charge in [-0.25, -0.2) is 9.13 Å². The standard InChI is InChI=1S/C86H168O17P2/c1-76(2)62-54-46-38-30-23-17-13-11-9-10-12-14-20-27-35-44-52-60-68-85(90)102-81(72-96-83(88)66-58-50-42-34-26-21-15-18-24-31-39-47-55-63-77(3)4)74-100-104(92,93)98-70-80(87)71-99-105(94,95)101-75-82(73-97-84(89)67-59-51-43-37-29-33-41-49-57-65-79(7)8)103-86(91)69-61-53-45-36-28-22-16-19-25-32-40-48-56-64-78(5)6/h76-82,87H,9-75H2,1-8H3,(H,92,93)(H,94,95)/t80-,81-,82-/m1/s1. The third-order valence-corrected chi connectivity index (χ3v) is 22.0. The SMILES string of the molecule is CC(C)CCCCCCCCCCCCCCCCCCCCC(=O)O[C@H](COC(=O)CCCCCCCCCCCCCCCC(C)C)COP(=O)(O)OC[C@@H](O)COP(=O)(O)OC[C@@H](COC(=O)CCCCCCCCCCCC(C)C)OC(=O)CCCCCCCCCCCCCCCC(C)C. The number of carbonyl (C=O) groups is 4. The van der Waals surface area contributed by atoms with Crippen LogP contribution in [-0.2, 0) is 65.4 Å². The number of rotatable bonds is 83. The third kappa shape index (κ3) is 79.9. The molecule has 624 valence electrons. The molecule has 2 unspecified atom stereocenters. The number of phosphoric acid groups is 2. The van der Waals surface area contributed by atoms with Crippen LogP contribution < -0.4 is 0 Å². The molecule has 0 radical (unpaired) electrons. The third-order valence-electron chi connectivity index (χ3n) is 20.1. The maximum atomic E-state index is 13.1. The van der Waals surface area contributed by atoms with Gasteiger partial charge in [-0.2, -0.15) is 0 Å². The number of esters is 4. The van der Waals surface area contributed by atoms with Gasteiger partial charge in [0.05, 0.1) is 26.4 Å². The quantitative estimate of drug-likeness (QED) is 0.0222. The van der Waals surface area contributed by atoms with E-state index in [4.69, 9.17) is 37.0 Å². The molecule has 0 spiro atoms. The fraction of sp³-hybridized carbons (Fsp3) is 0.953. The molecular weight excluding hydrogens is 1370 g/mol. The highest BCUT2D eigenvalue weighted by molar-refractivity contribution is 7.47. The van der Waals surface area contributed by atoms with Crippen molar-refractivity contribution in [2.45, 2.75) is 465 Å². The summed E-state index contributed by atoms with van der Waals surface area (Å²) < 4.78 is 68.9. The minimum atomic E-state index is -4.97. The van der Waals surface area contributed by atoms with Crippen LogP contribution in [0, 0.1) is 23.7 Å². The first-order valence-electron chi connectivity index (χ1n) is 44.2. The van der Waals surface area contributed by atoms with Crippen LogP contribution in [-0.4, -0.2) is 96.7 Å². The van der Waals surface area contributed by atoms with Crippen molar-refractivity contribution >= 4 is 39.5 Å². The molecule has 0 aliphatic heterocycles. The zero-order valence-electron chi connectivity index (χ0n) is 69.4. The predicted octanol–water partition coefficient (Wildman–Crippen LogP) is 25.9. The van der Waals surface area contributed by atoms with Gasteiger partial charge in [-0.1, -0.05) is 396 Å². The normalized spacial score (nSPS) is 13.9. The van der Waals surface area contributed by atoms with Gasteiger partial charge in [0.15, 0.2) is 12.2 Å². The number of aliphatic hydroxyl groups is 1. The van der Waals surface area contributed by atoms with Gasteiger partial charge >= 0.3 is 39.5 Å². The van der Waals surface area contributed by atoms with E-state index >= 15 is 0 Å². The van der Waals surface area contributed by atoms with Gasteiger partial charge in [-0.15, -0.1) is 0 Å². The van der Waals surface area contributed by atoms with E-state index in [0.29, 0.717) is 25.7 Å². The molecule has 0 aromatic rings. The van der Waals surface area contributed by atoms with E-state index in [-0.39, 0.29) is 25.7 Å². The van der Waals surface area contributed by atoms with Crippen LogP contribution in [0.4, 0.5) is 0 Å². The fourth-order valence-corrected chi connectivity index (χ4v) is 14.9. The molecule has 5 atom stereocenters. The van der Waals surface area contributed by atoms with Crippen LogP contribution in [0.2, 0.25) is 0 Å². The second-order valence-corrected chi connectivity index (χ2v) is 35.7. The number of hydrogen-bond acceptors (Lipinski definition) is 15. The van der Waals surface area contributed by atoms with Crippen molar-refractivity contribution in [3.8, 4) is 0 Å². The maximum absolute atomic E-state index is 13.1. The van der Waals surface area contributed by atoms with Gasteiger partial charge in [-0.3, -0.25) is 37.3 Å². The van der Waals surface area contributed by atoms with E-state index in [1.54, 1.807) is 0 Å². The monoisotopic (exact) mass is 1540 g/mol. The fourth-order valence-electron chi connectivity index (χ4n) is 13.3. The largest absolute Gasteiger partial charge is 0.472 e. The smallest absolute Gasteiger partial charge is 0.462 e. The van der Waals surface area contributed by atoms with Gasteiger partial charge in [0.1, 0.15) is 19.3 Å². The molecule has 0 rings (SSSR count). The Labute approximate surface area is 645 Å². The highest BCUT2D eigenvalue weighted by atomic mass is 31.2. The number of carbonyl (C=O) groups excluding carboxylic acids is 4. The average molecular weight is 1540 g/mol. The van der Waals surface area contributed by atoms with Crippen LogP contribution in [0.15, 0.2) is 0 Å². The number of aliphatic hydroxyl groups excluding tert-OH is 1. The molecule has 17 nitrogen and oxygen atoms in total. The molecule has 0 aliphatic carbocycles. The van der Waals surface area contributed by atoms with Gasteiger partial charge in [-0.05, 0) is 49.4 Å². The van der Waals surface area contributed by atoms with E-state index in [1.165, 1.54) is 250 Å². The molecular formula is C86H168O17P2. The number of ether oxygens (including phenoxy) is 4.